The number of carboxylic acid groups (broad SMARTS) is 1. The lowest BCUT2D eigenvalue weighted by atomic mass is 10.0. The molecule has 13 heteroatoms. The molecular weight excluding hydrogens is 639 g/mol. The summed E-state index contributed by atoms with van der Waals surface area (Å²) in [6.45, 7) is 0.764. The van der Waals surface area contributed by atoms with Crippen molar-refractivity contribution in [3.63, 3.8) is 0 Å². The van der Waals surface area contributed by atoms with Crippen molar-refractivity contribution < 1.29 is 37.3 Å². The second-order valence-corrected chi connectivity index (χ2v) is 12.3. The lowest BCUT2D eigenvalue weighted by Gasteiger charge is -2.27. The Labute approximate surface area is 278 Å². The van der Waals surface area contributed by atoms with Gasteiger partial charge in [-0.05, 0) is 61.2 Å². The molecule has 2 aliphatic rings. The van der Waals surface area contributed by atoms with Crippen LogP contribution in [-0.4, -0.2) is 55.3 Å². The molecule has 4 heterocycles. The zero-order chi connectivity index (χ0) is 34.1. The number of aromatic nitrogens is 4. The molecule has 0 spiro atoms. The van der Waals surface area contributed by atoms with E-state index in [0.717, 1.165) is 50.3 Å². The highest BCUT2D eigenvalue weighted by Crippen LogP contribution is 2.29. The molecule has 7 rings (SSSR count). The third-order valence-corrected chi connectivity index (χ3v) is 8.97. The number of ether oxygens (including phenoxy) is 2. The molecule has 1 saturated heterocycles. The number of rotatable bonds is 11. The number of carbonyl (C=O) groups is 2. The maximum atomic E-state index is 15.6. The molecular formula is C36H32F3N5O5. The zero-order valence-electron chi connectivity index (χ0n) is 26.3. The van der Waals surface area contributed by atoms with E-state index in [-0.39, 0.29) is 64.7 Å². The number of amides is 1. The summed E-state index contributed by atoms with van der Waals surface area (Å²) in [4.78, 5) is 37.1. The van der Waals surface area contributed by atoms with E-state index < -0.39 is 29.3 Å². The normalized spacial score (nSPS) is 16.1. The first kappa shape index (κ1) is 32.3. The van der Waals surface area contributed by atoms with Crippen LogP contribution in [0.4, 0.5) is 13.2 Å². The van der Waals surface area contributed by atoms with E-state index in [4.69, 9.17) is 9.47 Å². The summed E-state index contributed by atoms with van der Waals surface area (Å²) < 4.78 is 59.0. The summed E-state index contributed by atoms with van der Waals surface area (Å²) in [6, 6.07) is 12.4. The molecule has 1 atom stereocenters. The van der Waals surface area contributed by atoms with Gasteiger partial charge in [-0.25, -0.2) is 27.9 Å². The molecule has 5 aromatic rings. The van der Waals surface area contributed by atoms with Crippen LogP contribution in [0.15, 0.2) is 60.8 Å². The number of halogens is 3. The fraction of sp³-hybridized carbons (Fsp3) is 0.306. The maximum Gasteiger partial charge on any atom is 0.335 e. The van der Waals surface area contributed by atoms with E-state index in [1.807, 2.05) is 0 Å². The van der Waals surface area contributed by atoms with Crippen LogP contribution < -0.4 is 10.1 Å². The molecule has 2 fully saturated rings. The molecule has 1 aliphatic carbocycles. The van der Waals surface area contributed by atoms with Crippen LogP contribution in [0.25, 0.3) is 22.3 Å². The highest BCUT2D eigenvalue weighted by Gasteiger charge is 2.24. The number of carbonyl (C=O) groups excluding carboxylic acids is 1. The van der Waals surface area contributed by atoms with Crippen LogP contribution in [0.1, 0.15) is 69.9 Å². The van der Waals surface area contributed by atoms with E-state index in [2.05, 4.69) is 20.3 Å². The van der Waals surface area contributed by atoms with Gasteiger partial charge in [0.2, 0.25) is 5.88 Å². The van der Waals surface area contributed by atoms with Gasteiger partial charge in [0.15, 0.2) is 0 Å². The van der Waals surface area contributed by atoms with Gasteiger partial charge in [0.25, 0.3) is 5.91 Å². The number of hydrogen-bond donors (Lipinski definition) is 2. The first-order valence-electron chi connectivity index (χ1n) is 16.1. The van der Waals surface area contributed by atoms with Gasteiger partial charge < -0.3 is 24.5 Å². The first-order valence-corrected chi connectivity index (χ1v) is 16.1. The smallest absolute Gasteiger partial charge is 0.335 e. The van der Waals surface area contributed by atoms with E-state index in [9.17, 15) is 19.1 Å². The number of carboxylic acids is 1. The number of nitrogens with zero attached hydrogens (tertiary/aromatic N) is 4. The predicted octanol–water partition coefficient (Wildman–Crippen LogP) is 6.24. The number of fused-ring (bicyclic) bond motifs is 1. The topological polar surface area (TPSA) is 128 Å². The SMILES string of the molecule is O=C(O)c1ccc2nc(Cc3cc(F)c(-c4cccc(OCc5cnc(C(=O)NC6CCCC6)cc5F)n4)cc3F)n(CC3CCO3)c2c1. The standard InChI is InChI=1S/C36H32F3N5O5/c37-26-15-25(28(39)12-21(26)14-33-42-30-9-8-20(36(46)47)13-32(30)44(33)18-24-10-11-48-24)29-6-3-7-34(43-29)49-19-22-17-40-31(16-27(22)38)35(45)41-23-4-1-2-5-23/h3,6-9,12-13,15-17,23-24H,1-2,4-5,10-11,14,18-19H2,(H,41,45)(H,46,47). The van der Waals surface area contributed by atoms with Gasteiger partial charge >= 0.3 is 5.97 Å². The summed E-state index contributed by atoms with van der Waals surface area (Å²) in [7, 11) is 0. The minimum atomic E-state index is -1.08. The van der Waals surface area contributed by atoms with E-state index >= 15 is 8.78 Å². The lowest BCUT2D eigenvalue weighted by molar-refractivity contribution is -0.0589. The monoisotopic (exact) mass is 671 g/mol. The number of hydrogen-bond acceptors (Lipinski definition) is 7. The Kier molecular flexibility index (Phi) is 9.00. The van der Waals surface area contributed by atoms with Crippen LogP contribution in [0.5, 0.6) is 5.88 Å². The van der Waals surface area contributed by atoms with E-state index in [1.54, 1.807) is 16.7 Å². The highest BCUT2D eigenvalue weighted by atomic mass is 19.1. The Balaban J connectivity index is 1.07. The summed E-state index contributed by atoms with van der Waals surface area (Å²) >= 11 is 0. The van der Waals surface area contributed by atoms with Crippen molar-refractivity contribution in [1.82, 2.24) is 24.8 Å². The number of pyridine rings is 2. The van der Waals surface area contributed by atoms with Gasteiger partial charge in [0, 0.05) is 48.5 Å². The molecule has 2 aromatic carbocycles. The second kappa shape index (κ2) is 13.7. The molecule has 1 unspecified atom stereocenters. The molecule has 252 valence electrons. The molecule has 2 N–H and O–H groups in total. The van der Waals surface area contributed by atoms with Gasteiger partial charge in [-0.15, -0.1) is 0 Å². The van der Waals surface area contributed by atoms with Crippen LogP contribution in [0.2, 0.25) is 0 Å². The van der Waals surface area contributed by atoms with E-state index in [0.29, 0.717) is 30.0 Å². The molecule has 1 aliphatic heterocycles. The minimum absolute atomic E-state index is 0.0221. The minimum Gasteiger partial charge on any atom is -0.478 e. The zero-order valence-corrected chi connectivity index (χ0v) is 26.3. The lowest BCUT2D eigenvalue weighted by Crippen LogP contribution is -2.33. The van der Waals surface area contributed by atoms with Crippen LogP contribution in [0, 0.1) is 17.5 Å². The number of aromatic carboxylic acids is 1. The van der Waals surface area contributed by atoms with Crippen LogP contribution in [0.3, 0.4) is 0 Å². The summed E-state index contributed by atoms with van der Waals surface area (Å²) in [5.41, 5.74) is 1.34. The summed E-state index contributed by atoms with van der Waals surface area (Å²) in [6.07, 6.45) is 5.80. The second-order valence-electron chi connectivity index (χ2n) is 12.3. The van der Waals surface area contributed by atoms with Crippen molar-refractivity contribution in [2.24, 2.45) is 0 Å². The van der Waals surface area contributed by atoms with Crippen molar-refractivity contribution in [1.29, 1.82) is 0 Å². The summed E-state index contributed by atoms with van der Waals surface area (Å²) in [5, 5.41) is 12.4. The number of nitrogens with one attached hydrogen (secondary N) is 1. The van der Waals surface area contributed by atoms with Crippen LogP contribution >= 0.6 is 0 Å². The fourth-order valence-electron chi connectivity index (χ4n) is 6.18. The molecule has 3 aromatic heterocycles. The maximum absolute atomic E-state index is 15.6. The van der Waals surface area contributed by atoms with Gasteiger partial charge in [0.1, 0.15) is 35.6 Å². The molecule has 1 amide bonds. The van der Waals surface area contributed by atoms with Crippen LogP contribution in [-0.2, 0) is 24.3 Å². The quantitative estimate of drug-likeness (QED) is 0.169. The third kappa shape index (κ3) is 6.98. The van der Waals surface area contributed by atoms with Gasteiger partial charge in [0.05, 0.1) is 34.9 Å². The first-order chi connectivity index (χ1) is 23.7. The number of imidazole rings is 1. The molecule has 49 heavy (non-hydrogen) atoms. The van der Waals surface area contributed by atoms with Crippen molar-refractivity contribution >= 4 is 22.9 Å². The molecule has 0 radical (unpaired) electrons. The van der Waals surface area contributed by atoms with Crippen molar-refractivity contribution in [3.05, 3.63) is 106 Å². The predicted molar refractivity (Wildman–Crippen MR) is 172 cm³/mol. The Morgan fingerprint density at radius 1 is 0.959 bits per heavy atom. The van der Waals surface area contributed by atoms with Gasteiger partial charge in [-0.2, -0.15) is 0 Å². The molecule has 0 bridgehead atoms. The Morgan fingerprint density at radius 2 is 1.76 bits per heavy atom. The van der Waals surface area contributed by atoms with Gasteiger partial charge in [-0.1, -0.05) is 18.9 Å². The van der Waals surface area contributed by atoms with Crippen molar-refractivity contribution in [2.45, 2.75) is 63.8 Å². The van der Waals surface area contributed by atoms with Crippen molar-refractivity contribution in [2.75, 3.05) is 6.61 Å². The number of benzene rings is 2. The van der Waals surface area contributed by atoms with E-state index in [1.165, 1.54) is 30.5 Å². The van der Waals surface area contributed by atoms with Crippen molar-refractivity contribution in [3.8, 4) is 17.1 Å². The fourth-order valence-corrected chi connectivity index (χ4v) is 6.18. The molecule has 10 nitrogen and oxygen atoms in total. The average molecular weight is 672 g/mol. The highest BCUT2D eigenvalue weighted by molar-refractivity contribution is 5.93. The summed E-state index contributed by atoms with van der Waals surface area (Å²) in [5.74, 6) is -3.08. The Hall–Kier alpha value is -5.30. The Bertz CT molecular complexity index is 2060. The van der Waals surface area contributed by atoms with Gasteiger partial charge in [-0.3, -0.25) is 9.78 Å². The third-order valence-electron chi connectivity index (χ3n) is 8.97. The largest absolute Gasteiger partial charge is 0.478 e. The Morgan fingerprint density at radius 3 is 2.49 bits per heavy atom. The average Bonchev–Trinajstić information content (AvgIpc) is 3.70. The molecule has 1 saturated carbocycles.